The van der Waals surface area contributed by atoms with Crippen LogP contribution in [0.2, 0.25) is 5.02 Å². The minimum Gasteiger partial charge on any atom is -0.493 e. The van der Waals surface area contributed by atoms with Crippen molar-refractivity contribution in [1.82, 2.24) is 15.0 Å². The van der Waals surface area contributed by atoms with Gasteiger partial charge in [0.2, 0.25) is 0 Å². The van der Waals surface area contributed by atoms with E-state index in [1.165, 1.54) is 32.4 Å². The van der Waals surface area contributed by atoms with Crippen LogP contribution in [0.3, 0.4) is 0 Å². The number of halogens is 5. The van der Waals surface area contributed by atoms with Crippen molar-refractivity contribution in [2.75, 3.05) is 7.11 Å². The predicted molar refractivity (Wildman–Crippen MR) is 113 cm³/mol. The van der Waals surface area contributed by atoms with Gasteiger partial charge in [-0.2, -0.15) is 13.2 Å². The van der Waals surface area contributed by atoms with Gasteiger partial charge in [0.1, 0.15) is 29.0 Å². The number of hydrogen-bond acceptors (Lipinski definition) is 5. The Bertz CT molecular complexity index is 1250. The van der Waals surface area contributed by atoms with E-state index in [2.05, 4.69) is 15.0 Å². The molecule has 1 saturated heterocycles. The number of aromatic nitrogens is 3. The smallest absolute Gasteiger partial charge is 0.417 e. The highest BCUT2D eigenvalue weighted by atomic mass is 35.5. The van der Waals surface area contributed by atoms with Crippen molar-refractivity contribution in [1.29, 1.82) is 5.41 Å². The Morgan fingerprint density at radius 3 is 2.64 bits per heavy atom. The Hall–Kier alpha value is -2.92. The van der Waals surface area contributed by atoms with Gasteiger partial charge in [0.05, 0.1) is 17.6 Å². The number of nitrogens with one attached hydrogen (secondary N) is 2. The standard InChI is InChI=1S/C21H20ClF4N5O2/c1-8-12(9-4-5-10(22)13(23)16(9)32-3)17(33-20(8,2)21(24,25)26)19-30-11-6-7-29-15(18(27)28)14(11)31-19/h4-8,12,17H,1-3H3,(H3,27,28)(H,30,31)/t8-,12-,17+,20+/m0/s1. The van der Waals surface area contributed by atoms with Crippen molar-refractivity contribution in [3.8, 4) is 5.75 Å². The first kappa shape index (κ1) is 23.2. The number of benzene rings is 1. The number of rotatable bonds is 4. The van der Waals surface area contributed by atoms with E-state index in [4.69, 9.17) is 32.2 Å². The third-order valence-corrected chi connectivity index (χ3v) is 6.55. The van der Waals surface area contributed by atoms with Gasteiger partial charge in [0.25, 0.3) is 0 Å². The van der Waals surface area contributed by atoms with Crippen LogP contribution >= 0.6 is 11.6 Å². The molecule has 1 aliphatic rings. The average molecular weight is 486 g/mol. The van der Waals surface area contributed by atoms with Gasteiger partial charge in [-0.15, -0.1) is 0 Å². The lowest BCUT2D eigenvalue weighted by Gasteiger charge is -2.32. The van der Waals surface area contributed by atoms with Gasteiger partial charge in [0, 0.05) is 23.6 Å². The normalized spacial score (nSPS) is 25.5. The van der Waals surface area contributed by atoms with Crippen LogP contribution in [0, 0.1) is 17.1 Å². The maximum absolute atomic E-state index is 14.7. The number of amidine groups is 1. The molecule has 4 N–H and O–H groups in total. The first-order chi connectivity index (χ1) is 15.4. The summed E-state index contributed by atoms with van der Waals surface area (Å²) in [6, 6.07) is 4.24. The highest BCUT2D eigenvalue weighted by molar-refractivity contribution is 6.30. The lowest BCUT2D eigenvalue weighted by Crippen LogP contribution is -2.46. The molecule has 0 spiro atoms. The van der Waals surface area contributed by atoms with Gasteiger partial charge in [-0.1, -0.05) is 24.6 Å². The minimum atomic E-state index is -4.73. The molecule has 4 atom stereocenters. The average Bonchev–Trinajstić information content (AvgIpc) is 3.29. The highest BCUT2D eigenvalue weighted by Crippen LogP contribution is 2.59. The Kier molecular flexibility index (Phi) is 5.52. The van der Waals surface area contributed by atoms with Crippen LogP contribution in [0.25, 0.3) is 11.0 Å². The van der Waals surface area contributed by atoms with E-state index in [1.807, 2.05) is 0 Å². The van der Waals surface area contributed by atoms with Gasteiger partial charge in [-0.05, 0) is 19.1 Å². The number of ether oxygens (including phenoxy) is 2. The molecule has 12 heteroatoms. The van der Waals surface area contributed by atoms with E-state index in [-0.39, 0.29) is 39.2 Å². The number of aromatic amines is 1. The number of fused-ring (bicyclic) bond motifs is 1. The molecule has 3 heterocycles. The second kappa shape index (κ2) is 7.84. The number of nitrogens with zero attached hydrogens (tertiary/aromatic N) is 2. The van der Waals surface area contributed by atoms with Gasteiger partial charge in [-0.25, -0.2) is 9.37 Å². The molecule has 1 fully saturated rings. The summed E-state index contributed by atoms with van der Waals surface area (Å²) < 4.78 is 68.0. The summed E-state index contributed by atoms with van der Waals surface area (Å²) in [6.07, 6.45) is -4.59. The zero-order valence-corrected chi connectivity index (χ0v) is 18.5. The SMILES string of the molecule is COc1c([C@H]2[C@H](c3nc4c(C(=N)N)nccc4[nH]3)O[C@@](C)(C(F)(F)F)[C@H]2C)ccc(Cl)c1F. The molecule has 3 aromatic rings. The first-order valence-electron chi connectivity index (χ1n) is 9.86. The molecule has 0 unspecified atom stereocenters. The van der Waals surface area contributed by atoms with Crippen molar-refractivity contribution in [3.63, 3.8) is 0 Å². The maximum Gasteiger partial charge on any atom is 0.417 e. The summed E-state index contributed by atoms with van der Waals surface area (Å²) in [5, 5.41) is 7.47. The molecule has 1 aliphatic heterocycles. The molecule has 4 rings (SSSR count). The van der Waals surface area contributed by atoms with Crippen molar-refractivity contribution in [2.24, 2.45) is 11.7 Å². The summed E-state index contributed by atoms with van der Waals surface area (Å²) >= 11 is 5.87. The first-order valence-corrected chi connectivity index (χ1v) is 10.2. The third-order valence-electron chi connectivity index (χ3n) is 6.26. The molecule has 0 bridgehead atoms. The highest BCUT2D eigenvalue weighted by Gasteiger charge is 2.65. The van der Waals surface area contributed by atoms with Crippen molar-refractivity contribution < 1.29 is 27.0 Å². The molecular formula is C21H20ClF4N5O2. The van der Waals surface area contributed by atoms with E-state index in [1.54, 1.807) is 6.07 Å². The van der Waals surface area contributed by atoms with Crippen LogP contribution in [-0.2, 0) is 4.74 Å². The Morgan fingerprint density at radius 2 is 2.03 bits per heavy atom. The van der Waals surface area contributed by atoms with Gasteiger partial charge in [0.15, 0.2) is 17.2 Å². The fourth-order valence-electron chi connectivity index (χ4n) is 4.34. The summed E-state index contributed by atoms with van der Waals surface area (Å²) in [5.41, 5.74) is 3.87. The fourth-order valence-corrected chi connectivity index (χ4v) is 4.48. The second-order valence-corrected chi connectivity index (χ2v) is 8.44. The summed E-state index contributed by atoms with van der Waals surface area (Å²) in [4.78, 5) is 11.3. The Balaban J connectivity index is 1.94. The molecule has 7 nitrogen and oxygen atoms in total. The molecular weight excluding hydrogens is 466 g/mol. The third kappa shape index (κ3) is 3.50. The fraction of sp³-hybridized carbons (Fsp3) is 0.381. The number of hydrogen-bond donors (Lipinski definition) is 3. The van der Waals surface area contributed by atoms with Gasteiger partial charge < -0.3 is 20.2 Å². The molecule has 1 aromatic carbocycles. The predicted octanol–water partition coefficient (Wildman–Crippen LogP) is 4.86. The minimum absolute atomic E-state index is 0.0581. The topological polar surface area (TPSA) is 110 Å². The number of nitrogen functional groups attached to an aromatic ring is 1. The van der Waals surface area contributed by atoms with Crippen LogP contribution in [-0.4, -0.2) is 39.7 Å². The van der Waals surface area contributed by atoms with Crippen LogP contribution in [0.5, 0.6) is 5.75 Å². The molecule has 0 aliphatic carbocycles. The maximum atomic E-state index is 14.7. The molecule has 176 valence electrons. The monoisotopic (exact) mass is 485 g/mol. The molecule has 0 amide bonds. The van der Waals surface area contributed by atoms with Crippen molar-refractivity contribution >= 4 is 28.5 Å². The quantitative estimate of drug-likeness (QED) is 0.278. The summed E-state index contributed by atoms with van der Waals surface area (Å²) in [6.45, 7) is 2.34. The Labute approximate surface area is 190 Å². The molecule has 2 aromatic heterocycles. The molecule has 33 heavy (non-hydrogen) atoms. The number of alkyl halides is 3. The Morgan fingerprint density at radius 1 is 1.33 bits per heavy atom. The summed E-state index contributed by atoms with van der Waals surface area (Å²) in [7, 11) is 1.21. The number of imidazole rings is 1. The van der Waals surface area contributed by atoms with Crippen LogP contribution in [0.1, 0.15) is 43.0 Å². The number of pyridine rings is 1. The van der Waals surface area contributed by atoms with E-state index in [9.17, 15) is 17.6 Å². The zero-order valence-electron chi connectivity index (χ0n) is 17.7. The zero-order chi connectivity index (χ0) is 24.3. The van der Waals surface area contributed by atoms with E-state index in [0.29, 0.717) is 5.52 Å². The number of methoxy groups -OCH3 is 1. The van der Waals surface area contributed by atoms with Crippen LogP contribution < -0.4 is 10.5 Å². The summed E-state index contributed by atoms with van der Waals surface area (Å²) in [5.74, 6) is -3.60. The van der Waals surface area contributed by atoms with Gasteiger partial charge >= 0.3 is 6.18 Å². The largest absolute Gasteiger partial charge is 0.493 e. The van der Waals surface area contributed by atoms with E-state index >= 15 is 0 Å². The van der Waals surface area contributed by atoms with Gasteiger partial charge in [-0.3, -0.25) is 10.4 Å². The molecule has 0 saturated carbocycles. The van der Waals surface area contributed by atoms with Crippen molar-refractivity contribution in [2.45, 2.75) is 37.6 Å². The van der Waals surface area contributed by atoms with Crippen molar-refractivity contribution in [3.05, 3.63) is 52.3 Å². The van der Waals surface area contributed by atoms with E-state index in [0.717, 1.165) is 6.92 Å². The lowest BCUT2D eigenvalue weighted by atomic mass is 9.77. The molecule has 0 radical (unpaired) electrons. The lowest BCUT2D eigenvalue weighted by molar-refractivity contribution is -0.275. The second-order valence-electron chi connectivity index (χ2n) is 8.03. The van der Waals surface area contributed by atoms with Crippen LogP contribution in [0.4, 0.5) is 17.6 Å². The number of H-pyrrole nitrogens is 1. The van der Waals surface area contributed by atoms with Crippen LogP contribution in [0.15, 0.2) is 24.4 Å². The van der Waals surface area contributed by atoms with E-state index < -0.39 is 35.5 Å². The number of nitrogens with two attached hydrogens (primary N) is 1.